The number of thiophene rings is 1. The van der Waals surface area contributed by atoms with Crippen LogP contribution in [0.1, 0.15) is 23.4 Å². The van der Waals surface area contributed by atoms with Crippen molar-refractivity contribution in [2.75, 3.05) is 6.54 Å². The van der Waals surface area contributed by atoms with E-state index in [0.29, 0.717) is 0 Å². The molecule has 84 valence electrons. The molecule has 2 aromatic rings. The van der Waals surface area contributed by atoms with Gasteiger partial charge in [0, 0.05) is 22.8 Å². The van der Waals surface area contributed by atoms with Crippen molar-refractivity contribution in [2.24, 2.45) is 0 Å². The lowest BCUT2D eigenvalue weighted by Crippen LogP contribution is -2.21. The van der Waals surface area contributed by atoms with Gasteiger partial charge in [0.1, 0.15) is 6.33 Å². The van der Waals surface area contributed by atoms with Crippen LogP contribution in [0.3, 0.4) is 0 Å². The quantitative estimate of drug-likeness (QED) is 0.911. The maximum absolute atomic E-state index is 6.15. The van der Waals surface area contributed by atoms with E-state index < -0.39 is 0 Å². The van der Waals surface area contributed by atoms with E-state index in [4.69, 9.17) is 11.6 Å². The summed E-state index contributed by atoms with van der Waals surface area (Å²) < 4.78 is 0. The molecule has 16 heavy (non-hydrogen) atoms. The smallest absolute Gasteiger partial charge is 0.115 e. The molecule has 5 heteroatoms. The van der Waals surface area contributed by atoms with Crippen LogP contribution in [-0.4, -0.2) is 16.5 Å². The monoisotopic (exact) mass is 253 g/mol. The van der Waals surface area contributed by atoms with Crippen LogP contribution >= 0.6 is 22.9 Å². The van der Waals surface area contributed by atoms with Crippen LogP contribution in [0.2, 0.25) is 5.02 Å². The van der Waals surface area contributed by atoms with E-state index in [9.17, 15) is 0 Å². The number of nitrogens with one attached hydrogen (secondary N) is 1. The summed E-state index contributed by atoms with van der Waals surface area (Å²) in [5.41, 5.74) is 1.04. The first-order chi connectivity index (χ1) is 7.83. The molecular weight excluding hydrogens is 242 g/mol. The molecule has 2 aromatic heterocycles. The molecule has 0 bridgehead atoms. The van der Waals surface area contributed by atoms with Crippen molar-refractivity contribution in [3.8, 4) is 0 Å². The van der Waals surface area contributed by atoms with Gasteiger partial charge in [-0.15, -0.1) is 11.3 Å². The number of rotatable bonds is 4. The summed E-state index contributed by atoms with van der Waals surface area (Å²) in [5, 5.41) is 6.17. The second kappa shape index (κ2) is 5.39. The minimum Gasteiger partial charge on any atom is -0.306 e. The Morgan fingerprint density at radius 1 is 1.44 bits per heavy atom. The largest absolute Gasteiger partial charge is 0.306 e. The Bertz CT molecular complexity index is 444. The number of hydrogen-bond donors (Lipinski definition) is 1. The maximum Gasteiger partial charge on any atom is 0.115 e. The average molecular weight is 254 g/mol. The Balaban J connectivity index is 2.35. The topological polar surface area (TPSA) is 37.8 Å². The normalized spacial score (nSPS) is 12.6. The second-order valence-corrected chi connectivity index (χ2v) is 4.65. The molecule has 0 saturated carbocycles. The summed E-state index contributed by atoms with van der Waals surface area (Å²) in [6.45, 7) is 2.94. The molecule has 1 unspecified atom stereocenters. The highest BCUT2D eigenvalue weighted by Gasteiger charge is 2.17. The van der Waals surface area contributed by atoms with Crippen LogP contribution in [0.5, 0.6) is 0 Å². The summed E-state index contributed by atoms with van der Waals surface area (Å²) in [6, 6.07) is 1.99. The van der Waals surface area contributed by atoms with Crippen molar-refractivity contribution in [1.82, 2.24) is 15.3 Å². The predicted octanol–water partition coefficient (Wildman–Crippen LogP) is 2.89. The predicted molar refractivity (Wildman–Crippen MR) is 66.9 cm³/mol. The Morgan fingerprint density at radius 2 is 2.19 bits per heavy atom. The lowest BCUT2D eigenvalue weighted by molar-refractivity contribution is 0.635. The molecule has 0 radical (unpaired) electrons. The molecule has 0 spiro atoms. The van der Waals surface area contributed by atoms with Crippen molar-refractivity contribution in [3.05, 3.63) is 45.6 Å². The molecule has 2 rings (SSSR count). The highest BCUT2D eigenvalue weighted by molar-refractivity contribution is 7.10. The molecule has 1 N–H and O–H groups in total. The first-order valence-corrected chi connectivity index (χ1v) is 6.30. The van der Waals surface area contributed by atoms with E-state index in [1.807, 2.05) is 23.8 Å². The minimum absolute atomic E-state index is 0.0821. The number of hydrogen-bond acceptors (Lipinski definition) is 4. The molecule has 0 aliphatic rings. The van der Waals surface area contributed by atoms with Crippen LogP contribution in [0.15, 0.2) is 30.2 Å². The van der Waals surface area contributed by atoms with E-state index in [-0.39, 0.29) is 6.04 Å². The van der Waals surface area contributed by atoms with Crippen LogP contribution < -0.4 is 5.32 Å². The molecule has 0 saturated heterocycles. The van der Waals surface area contributed by atoms with Crippen molar-refractivity contribution < 1.29 is 0 Å². The van der Waals surface area contributed by atoms with Gasteiger partial charge in [-0.1, -0.05) is 18.5 Å². The third-order valence-corrected chi connectivity index (χ3v) is 3.65. The Kier molecular flexibility index (Phi) is 3.88. The molecule has 0 aliphatic heterocycles. The fourth-order valence-corrected chi connectivity index (χ4v) is 2.80. The van der Waals surface area contributed by atoms with Gasteiger partial charge >= 0.3 is 0 Å². The van der Waals surface area contributed by atoms with Crippen LogP contribution in [0, 0.1) is 0 Å². The Morgan fingerprint density at radius 3 is 2.75 bits per heavy atom. The van der Waals surface area contributed by atoms with E-state index in [1.54, 1.807) is 11.3 Å². The second-order valence-electron chi connectivity index (χ2n) is 3.30. The third-order valence-electron chi connectivity index (χ3n) is 2.23. The van der Waals surface area contributed by atoms with E-state index in [2.05, 4.69) is 22.2 Å². The highest BCUT2D eigenvalue weighted by Crippen LogP contribution is 2.32. The van der Waals surface area contributed by atoms with Gasteiger partial charge in [0.05, 0.1) is 11.1 Å². The van der Waals surface area contributed by atoms with Gasteiger partial charge in [0.2, 0.25) is 0 Å². The van der Waals surface area contributed by atoms with Gasteiger partial charge in [0.15, 0.2) is 0 Å². The van der Waals surface area contributed by atoms with Crippen LogP contribution in [-0.2, 0) is 0 Å². The van der Waals surface area contributed by atoms with Crippen LogP contribution in [0.25, 0.3) is 0 Å². The zero-order valence-electron chi connectivity index (χ0n) is 8.85. The lowest BCUT2D eigenvalue weighted by Gasteiger charge is -2.16. The number of halogens is 1. The lowest BCUT2D eigenvalue weighted by atomic mass is 10.1. The Hall–Kier alpha value is -0.970. The van der Waals surface area contributed by atoms with Gasteiger partial charge in [-0.05, 0) is 18.0 Å². The maximum atomic E-state index is 6.15. The fourth-order valence-electron chi connectivity index (χ4n) is 1.54. The molecule has 0 aromatic carbocycles. The minimum atomic E-state index is 0.0821. The molecule has 0 aliphatic carbocycles. The Labute approximate surface area is 104 Å². The average Bonchev–Trinajstić information content (AvgIpc) is 2.73. The van der Waals surface area contributed by atoms with Gasteiger partial charge in [-0.2, -0.15) is 0 Å². The first kappa shape index (κ1) is 11.5. The molecule has 0 amide bonds. The number of nitrogens with zero attached hydrogens (tertiary/aromatic N) is 2. The number of aromatic nitrogens is 2. The molecule has 0 fully saturated rings. The first-order valence-electron chi connectivity index (χ1n) is 5.04. The van der Waals surface area contributed by atoms with Crippen LogP contribution in [0.4, 0.5) is 0 Å². The zero-order valence-corrected chi connectivity index (χ0v) is 10.4. The van der Waals surface area contributed by atoms with Crippen molar-refractivity contribution >= 4 is 22.9 Å². The van der Waals surface area contributed by atoms with Gasteiger partial charge in [0.25, 0.3) is 0 Å². The van der Waals surface area contributed by atoms with Crippen molar-refractivity contribution in [1.29, 1.82) is 0 Å². The summed E-state index contributed by atoms with van der Waals surface area (Å²) in [6.07, 6.45) is 5.16. The highest BCUT2D eigenvalue weighted by atomic mass is 35.5. The zero-order chi connectivity index (χ0) is 11.4. The van der Waals surface area contributed by atoms with Crippen molar-refractivity contribution in [2.45, 2.75) is 13.0 Å². The van der Waals surface area contributed by atoms with Gasteiger partial charge in [-0.3, -0.25) is 0 Å². The van der Waals surface area contributed by atoms with E-state index in [1.165, 1.54) is 6.33 Å². The summed E-state index contributed by atoms with van der Waals surface area (Å²) in [5.74, 6) is 0. The summed E-state index contributed by atoms with van der Waals surface area (Å²) >= 11 is 7.79. The molecular formula is C11H12ClN3S. The SMILES string of the molecule is CCNC(c1cncnc1)c1sccc1Cl. The van der Waals surface area contributed by atoms with E-state index >= 15 is 0 Å². The molecule has 1 atom stereocenters. The standard InChI is InChI=1S/C11H12ClN3S/c1-2-15-10(8-5-13-7-14-6-8)11-9(12)3-4-16-11/h3-7,10,15H,2H2,1H3. The van der Waals surface area contributed by atoms with Gasteiger partial charge in [-0.25, -0.2) is 9.97 Å². The summed E-state index contributed by atoms with van der Waals surface area (Å²) in [4.78, 5) is 9.19. The third kappa shape index (κ3) is 2.40. The molecule has 2 heterocycles. The van der Waals surface area contributed by atoms with E-state index in [0.717, 1.165) is 22.0 Å². The van der Waals surface area contributed by atoms with Gasteiger partial charge < -0.3 is 5.32 Å². The fraction of sp³-hybridized carbons (Fsp3) is 0.273. The molecule has 3 nitrogen and oxygen atoms in total. The van der Waals surface area contributed by atoms with Crippen molar-refractivity contribution in [3.63, 3.8) is 0 Å². The summed E-state index contributed by atoms with van der Waals surface area (Å²) in [7, 11) is 0.